The molecule has 3 rings (SSSR count). The molecular formula is C15H15F4N3S. The molecule has 0 radical (unpaired) electrons. The van der Waals surface area contributed by atoms with Crippen molar-refractivity contribution in [2.45, 2.75) is 12.7 Å². The summed E-state index contributed by atoms with van der Waals surface area (Å²) in [6, 6.07) is 5.39. The Morgan fingerprint density at radius 3 is 2.39 bits per heavy atom. The van der Waals surface area contributed by atoms with Crippen molar-refractivity contribution in [3.8, 4) is 11.3 Å². The summed E-state index contributed by atoms with van der Waals surface area (Å²) in [5.74, 6) is -0.427. The van der Waals surface area contributed by atoms with Gasteiger partial charge in [-0.25, -0.2) is 9.37 Å². The van der Waals surface area contributed by atoms with Crippen molar-refractivity contribution in [2.24, 2.45) is 0 Å². The third-order valence-corrected chi connectivity index (χ3v) is 4.72. The summed E-state index contributed by atoms with van der Waals surface area (Å²) in [5, 5.41) is 2.35. The molecule has 2 heterocycles. The highest BCUT2D eigenvalue weighted by Gasteiger charge is 2.36. The molecule has 1 aromatic heterocycles. The quantitative estimate of drug-likeness (QED) is 0.865. The minimum Gasteiger partial charge on any atom is -0.314 e. The van der Waals surface area contributed by atoms with Gasteiger partial charge >= 0.3 is 6.18 Å². The zero-order valence-electron chi connectivity index (χ0n) is 12.2. The minimum atomic E-state index is -4.47. The highest BCUT2D eigenvalue weighted by molar-refractivity contribution is 7.12. The van der Waals surface area contributed by atoms with Crippen molar-refractivity contribution in [3.05, 3.63) is 40.0 Å². The number of nitrogens with zero attached hydrogens (tertiary/aromatic N) is 2. The van der Waals surface area contributed by atoms with Gasteiger partial charge in [-0.3, -0.25) is 4.90 Å². The molecule has 0 aliphatic carbocycles. The lowest BCUT2D eigenvalue weighted by Gasteiger charge is -2.26. The number of hydrogen-bond donors (Lipinski definition) is 1. The van der Waals surface area contributed by atoms with Crippen LogP contribution in [0.3, 0.4) is 0 Å². The second-order valence-electron chi connectivity index (χ2n) is 5.32. The highest BCUT2D eigenvalue weighted by Crippen LogP contribution is 2.38. The average Bonchev–Trinajstić information content (AvgIpc) is 2.93. The van der Waals surface area contributed by atoms with Crippen LogP contribution in [-0.2, 0) is 12.7 Å². The normalized spacial score (nSPS) is 16.7. The van der Waals surface area contributed by atoms with Crippen molar-refractivity contribution in [3.63, 3.8) is 0 Å². The number of rotatable bonds is 3. The van der Waals surface area contributed by atoms with E-state index in [0.29, 0.717) is 34.0 Å². The fourth-order valence-corrected chi connectivity index (χ4v) is 3.48. The zero-order chi connectivity index (χ0) is 16.4. The maximum atomic E-state index is 13.1. The maximum Gasteiger partial charge on any atom is 0.443 e. The lowest BCUT2D eigenvalue weighted by Crippen LogP contribution is -2.42. The molecule has 0 unspecified atom stereocenters. The number of piperazine rings is 1. The molecule has 1 fully saturated rings. The van der Waals surface area contributed by atoms with Crippen LogP contribution in [0.1, 0.15) is 9.88 Å². The third-order valence-electron chi connectivity index (χ3n) is 3.63. The summed E-state index contributed by atoms with van der Waals surface area (Å²) in [5.41, 5.74) is 0.796. The first-order valence-electron chi connectivity index (χ1n) is 7.19. The van der Waals surface area contributed by atoms with Crippen LogP contribution in [-0.4, -0.2) is 36.1 Å². The second kappa shape index (κ2) is 6.54. The standard InChI is InChI=1S/C15H15F4N3S/c16-11-3-1-10(2-4-11)13-12(9-22-7-5-20-6-8-22)23-14(21-13)15(17,18)19/h1-4,20H,5-9H2. The molecule has 1 N–H and O–H groups in total. The van der Waals surface area contributed by atoms with E-state index in [1.165, 1.54) is 24.3 Å². The molecule has 2 aromatic rings. The van der Waals surface area contributed by atoms with E-state index in [1.807, 2.05) is 0 Å². The average molecular weight is 345 g/mol. The van der Waals surface area contributed by atoms with Gasteiger partial charge in [-0.2, -0.15) is 13.2 Å². The van der Waals surface area contributed by atoms with Gasteiger partial charge in [-0.05, 0) is 24.3 Å². The van der Waals surface area contributed by atoms with Crippen molar-refractivity contribution >= 4 is 11.3 Å². The van der Waals surface area contributed by atoms with Gasteiger partial charge in [0.2, 0.25) is 0 Å². The molecule has 1 saturated heterocycles. The van der Waals surface area contributed by atoms with Gasteiger partial charge in [-0.1, -0.05) is 0 Å². The Balaban J connectivity index is 1.94. The fraction of sp³-hybridized carbons (Fsp3) is 0.400. The van der Waals surface area contributed by atoms with Gasteiger partial charge in [0.25, 0.3) is 0 Å². The molecule has 0 saturated carbocycles. The van der Waals surface area contributed by atoms with E-state index >= 15 is 0 Å². The third kappa shape index (κ3) is 3.88. The maximum absolute atomic E-state index is 13.1. The number of alkyl halides is 3. The Kier molecular flexibility index (Phi) is 4.65. The smallest absolute Gasteiger partial charge is 0.314 e. The first-order valence-corrected chi connectivity index (χ1v) is 8.01. The first-order chi connectivity index (χ1) is 10.9. The van der Waals surface area contributed by atoms with Crippen molar-refractivity contribution in [1.82, 2.24) is 15.2 Å². The van der Waals surface area contributed by atoms with Crippen molar-refractivity contribution in [1.29, 1.82) is 0 Å². The predicted molar refractivity (Wildman–Crippen MR) is 80.7 cm³/mol. The number of nitrogens with one attached hydrogen (secondary N) is 1. The Morgan fingerprint density at radius 2 is 1.78 bits per heavy atom. The molecule has 1 aliphatic heterocycles. The van der Waals surface area contributed by atoms with Crippen LogP contribution in [0.15, 0.2) is 24.3 Å². The van der Waals surface area contributed by atoms with Gasteiger partial charge in [0, 0.05) is 43.2 Å². The molecule has 0 amide bonds. The van der Waals surface area contributed by atoms with E-state index in [2.05, 4.69) is 15.2 Å². The fourth-order valence-electron chi connectivity index (χ4n) is 2.49. The molecular weight excluding hydrogens is 330 g/mol. The highest BCUT2D eigenvalue weighted by atomic mass is 32.1. The van der Waals surface area contributed by atoms with Gasteiger partial charge in [-0.15, -0.1) is 11.3 Å². The van der Waals surface area contributed by atoms with Crippen LogP contribution in [0.5, 0.6) is 0 Å². The molecule has 0 bridgehead atoms. The van der Waals surface area contributed by atoms with E-state index < -0.39 is 17.0 Å². The monoisotopic (exact) mass is 345 g/mol. The lowest BCUT2D eigenvalue weighted by atomic mass is 10.1. The Labute approximate surface area is 135 Å². The van der Waals surface area contributed by atoms with Gasteiger partial charge in [0.05, 0.1) is 5.69 Å². The summed E-state index contributed by atoms with van der Waals surface area (Å²) in [4.78, 5) is 6.43. The van der Waals surface area contributed by atoms with Crippen LogP contribution < -0.4 is 5.32 Å². The topological polar surface area (TPSA) is 28.2 Å². The van der Waals surface area contributed by atoms with Crippen LogP contribution in [0.4, 0.5) is 17.6 Å². The van der Waals surface area contributed by atoms with E-state index in [-0.39, 0.29) is 0 Å². The minimum absolute atomic E-state index is 0.292. The number of thiazole rings is 1. The largest absolute Gasteiger partial charge is 0.443 e. The molecule has 8 heteroatoms. The zero-order valence-corrected chi connectivity index (χ0v) is 13.0. The predicted octanol–water partition coefficient (Wildman–Crippen LogP) is 3.37. The van der Waals surface area contributed by atoms with Crippen LogP contribution in [0.25, 0.3) is 11.3 Å². The van der Waals surface area contributed by atoms with E-state index in [9.17, 15) is 17.6 Å². The van der Waals surface area contributed by atoms with Gasteiger partial charge < -0.3 is 5.32 Å². The molecule has 124 valence electrons. The molecule has 1 aliphatic rings. The summed E-state index contributed by atoms with van der Waals surface area (Å²) in [6.07, 6.45) is -4.47. The SMILES string of the molecule is Fc1ccc(-c2nc(C(F)(F)F)sc2CN2CCNCC2)cc1. The summed E-state index contributed by atoms with van der Waals surface area (Å²) in [6.45, 7) is 3.61. The second-order valence-corrected chi connectivity index (χ2v) is 6.41. The number of hydrogen-bond acceptors (Lipinski definition) is 4. The molecule has 1 aromatic carbocycles. The van der Waals surface area contributed by atoms with Crippen molar-refractivity contribution < 1.29 is 17.6 Å². The Bertz CT molecular complexity index is 660. The van der Waals surface area contributed by atoms with Crippen LogP contribution >= 0.6 is 11.3 Å². The lowest BCUT2D eigenvalue weighted by molar-refractivity contribution is -0.137. The van der Waals surface area contributed by atoms with Gasteiger partial charge in [0.15, 0.2) is 5.01 Å². The summed E-state index contributed by atoms with van der Waals surface area (Å²) >= 11 is 0.667. The molecule has 0 atom stereocenters. The van der Waals surface area contributed by atoms with E-state index in [4.69, 9.17) is 0 Å². The van der Waals surface area contributed by atoms with Gasteiger partial charge in [0.1, 0.15) is 5.82 Å². The Morgan fingerprint density at radius 1 is 1.13 bits per heavy atom. The summed E-state index contributed by atoms with van der Waals surface area (Å²) in [7, 11) is 0. The molecule has 3 nitrogen and oxygen atoms in total. The van der Waals surface area contributed by atoms with E-state index in [1.54, 1.807) is 0 Å². The molecule has 23 heavy (non-hydrogen) atoms. The molecule has 0 spiro atoms. The summed E-state index contributed by atoms with van der Waals surface area (Å²) < 4.78 is 52.1. The first kappa shape index (κ1) is 16.4. The number of aromatic nitrogens is 1. The van der Waals surface area contributed by atoms with Crippen molar-refractivity contribution in [2.75, 3.05) is 26.2 Å². The number of halogens is 4. The Hall–Kier alpha value is -1.51. The number of benzene rings is 1. The van der Waals surface area contributed by atoms with E-state index in [0.717, 1.165) is 26.2 Å². The van der Waals surface area contributed by atoms with Crippen LogP contribution in [0, 0.1) is 5.82 Å². The van der Waals surface area contributed by atoms with Crippen LogP contribution in [0.2, 0.25) is 0 Å².